The normalized spacial score (nSPS) is 21.5. The summed E-state index contributed by atoms with van der Waals surface area (Å²) in [6, 6.07) is 11.5. The molecule has 0 amide bonds. The molecule has 4 rings (SSSR count). The maximum absolute atomic E-state index is 12.6. The minimum Gasteiger partial charge on any atom is -0.370 e. The number of hydrogen-bond donors (Lipinski definition) is 0. The van der Waals surface area contributed by atoms with E-state index in [-0.39, 0.29) is 11.0 Å². The van der Waals surface area contributed by atoms with Crippen LogP contribution in [-0.4, -0.2) is 50.5 Å². The Bertz CT molecular complexity index is 899. The van der Waals surface area contributed by atoms with Crippen molar-refractivity contribution in [2.24, 2.45) is 0 Å². The molecule has 2 aliphatic rings. The summed E-state index contributed by atoms with van der Waals surface area (Å²) in [6.45, 7) is 3.20. The largest absolute Gasteiger partial charge is 0.370 e. The first-order valence-electron chi connectivity index (χ1n) is 9.13. The van der Waals surface area contributed by atoms with Gasteiger partial charge >= 0.3 is 0 Å². The highest BCUT2D eigenvalue weighted by atomic mass is 79.9. The van der Waals surface area contributed by atoms with Crippen molar-refractivity contribution in [3.8, 4) is 0 Å². The maximum Gasteiger partial charge on any atom is 0.244 e. The second-order valence-corrected chi connectivity index (χ2v) is 9.58. The van der Waals surface area contributed by atoms with Gasteiger partial charge < -0.3 is 9.64 Å². The summed E-state index contributed by atoms with van der Waals surface area (Å²) < 4.78 is 33.8. The fourth-order valence-electron chi connectivity index (χ4n) is 3.57. The van der Waals surface area contributed by atoms with Gasteiger partial charge in [-0.05, 0) is 36.6 Å². The molecule has 0 bridgehead atoms. The number of nitrogens with zero attached hydrogens (tertiary/aromatic N) is 3. The Kier molecular flexibility index (Phi) is 5.50. The Labute approximate surface area is 168 Å². The van der Waals surface area contributed by atoms with Gasteiger partial charge in [0.25, 0.3) is 0 Å². The van der Waals surface area contributed by atoms with E-state index in [4.69, 9.17) is 4.74 Å². The summed E-state index contributed by atoms with van der Waals surface area (Å²) in [5, 5.41) is 0. The highest BCUT2D eigenvalue weighted by molar-refractivity contribution is 9.10. The van der Waals surface area contributed by atoms with Crippen LogP contribution in [-0.2, 0) is 14.8 Å². The van der Waals surface area contributed by atoms with Crippen molar-refractivity contribution in [3.63, 3.8) is 0 Å². The first kappa shape index (κ1) is 18.9. The third-order valence-corrected chi connectivity index (χ3v) is 7.67. The zero-order chi connectivity index (χ0) is 18.9. The van der Waals surface area contributed by atoms with E-state index in [0.717, 1.165) is 35.2 Å². The highest BCUT2D eigenvalue weighted by Gasteiger charge is 2.28. The van der Waals surface area contributed by atoms with E-state index >= 15 is 0 Å². The molecule has 1 unspecified atom stereocenters. The molecule has 8 heteroatoms. The monoisotopic (exact) mass is 451 g/mol. The molecule has 1 atom stereocenters. The lowest BCUT2D eigenvalue weighted by Crippen LogP contribution is -2.39. The van der Waals surface area contributed by atoms with Crippen molar-refractivity contribution in [2.45, 2.75) is 23.8 Å². The second-order valence-electron chi connectivity index (χ2n) is 6.79. The number of morpholine rings is 1. The van der Waals surface area contributed by atoms with E-state index < -0.39 is 10.0 Å². The van der Waals surface area contributed by atoms with Crippen LogP contribution in [0.5, 0.6) is 0 Å². The topological polar surface area (TPSA) is 62.7 Å². The van der Waals surface area contributed by atoms with E-state index in [1.54, 1.807) is 16.4 Å². The molecular formula is C19H22BrN3O3S. The third-order valence-electron chi connectivity index (χ3n) is 5.07. The van der Waals surface area contributed by atoms with E-state index in [2.05, 4.69) is 31.9 Å². The molecular weight excluding hydrogens is 430 g/mol. The molecule has 3 heterocycles. The fraction of sp³-hybridized carbons (Fsp3) is 0.421. The SMILES string of the molecule is O=S(=O)(c1ccc(N2CCOC(c3ccccc3Br)C2)nc1)N1CCCC1. The molecule has 6 nitrogen and oxygen atoms in total. The zero-order valence-electron chi connectivity index (χ0n) is 14.9. The summed E-state index contributed by atoms with van der Waals surface area (Å²) in [5.74, 6) is 0.774. The lowest BCUT2D eigenvalue weighted by molar-refractivity contribution is 0.0391. The number of rotatable bonds is 4. The highest BCUT2D eigenvalue weighted by Crippen LogP contribution is 2.30. The number of sulfonamides is 1. The summed E-state index contributed by atoms with van der Waals surface area (Å²) in [5.41, 5.74) is 1.11. The molecule has 0 N–H and O–H groups in total. The van der Waals surface area contributed by atoms with Gasteiger partial charge in [0, 0.05) is 36.8 Å². The van der Waals surface area contributed by atoms with E-state index in [0.29, 0.717) is 26.2 Å². The van der Waals surface area contributed by atoms with E-state index in [1.807, 2.05) is 18.2 Å². The van der Waals surface area contributed by atoms with Crippen molar-refractivity contribution in [3.05, 3.63) is 52.6 Å². The van der Waals surface area contributed by atoms with Crippen LogP contribution in [0.4, 0.5) is 5.82 Å². The van der Waals surface area contributed by atoms with Gasteiger partial charge in [0.1, 0.15) is 16.8 Å². The molecule has 0 aliphatic carbocycles. The van der Waals surface area contributed by atoms with Gasteiger partial charge in [-0.25, -0.2) is 13.4 Å². The van der Waals surface area contributed by atoms with Gasteiger partial charge in [-0.2, -0.15) is 4.31 Å². The summed E-state index contributed by atoms with van der Waals surface area (Å²) in [7, 11) is -3.42. The number of aromatic nitrogens is 1. The Hall–Kier alpha value is -1.48. The quantitative estimate of drug-likeness (QED) is 0.713. The van der Waals surface area contributed by atoms with Crippen LogP contribution in [0.1, 0.15) is 24.5 Å². The van der Waals surface area contributed by atoms with E-state index in [9.17, 15) is 8.42 Å². The molecule has 1 aromatic carbocycles. The number of hydrogen-bond acceptors (Lipinski definition) is 5. The fourth-order valence-corrected chi connectivity index (χ4v) is 5.57. The lowest BCUT2D eigenvalue weighted by Gasteiger charge is -2.34. The average Bonchev–Trinajstić information content (AvgIpc) is 3.24. The standard InChI is InChI=1S/C19H22BrN3O3S/c20-17-6-2-1-5-16(17)18-14-22(11-12-26-18)19-8-7-15(13-21-19)27(24,25)23-9-3-4-10-23/h1-2,5-8,13,18H,3-4,9-12,14H2. The molecule has 2 aromatic rings. The Morgan fingerprint density at radius 1 is 1.07 bits per heavy atom. The van der Waals surface area contributed by atoms with Gasteiger partial charge in [0.05, 0.1) is 6.61 Å². The number of pyridine rings is 1. The van der Waals surface area contributed by atoms with Gasteiger partial charge in [0.15, 0.2) is 0 Å². The first-order chi connectivity index (χ1) is 13.1. The Morgan fingerprint density at radius 2 is 1.85 bits per heavy atom. The number of ether oxygens (including phenoxy) is 1. The summed E-state index contributed by atoms with van der Waals surface area (Å²) >= 11 is 3.59. The van der Waals surface area contributed by atoms with Crippen molar-refractivity contribution in [2.75, 3.05) is 37.7 Å². The minimum atomic E-state index is -3.42. The van der Waals surface area contributed by atoms with Crippen molar-refractivity contribution in [1.29, 1.82) is 0 Å². The van der Waals surface area contributed by atoms with Crippen molar-refractivity contribution < 1.29 is 13.2 Å². The van der Waals surface area contributed by atoms with Crippen LogP contribution in [0, 0.1) is 0 Å². The van der Waals surface area contributed by atoms with Crippen LogP contribution < -0.4 is 4.90 Å². The molecule has 144 valence electrons. The Morgan fingerprint density at radius 3 is 2.56 bits per heavy atom. The second kappa shape index (κ2) is 7.87. The smallest absolute Gasteiger partial charge is 0.244 e. The molecule has 1 aromatic heterocycles. The van der Waals surface area contributed by atoms with Gasteiger partial charge in [-0.1, -0.05) is 34.1 Å². The summed E-state index contributed by atoms with van der Waals surface area (Å²) in [4.78, 5) is 6.85. The molecule has 2 saturated heterocycles. The van der Waals surface area contributed by atoms with Crippen LogP contribution in [0.15, 0.2) is 52.0 Å². The number of halogens is 1. The predicted octanol–water partition coefficient (Wildman–Crippen LogP) is 3.21. The summed E-state index contributed by atoms with van der Waals surface area (Å²) in [6.07, 6.45) is 3.28. The predicted molar refractivity (Wildman–Crippen MR) is 107 cm³/mol. The Balaban J connectivity index is 1.51. The molecule has 2 fully saturated rings. The van der Waals surface area contributed by atoms with Gasteiger partial charge in [0.2, 0.25) is 10.0 Å². The van der Waals surface area contributed by atoms with Gasteiger partial charge in [-0.3, -0.25) is 0 Å². The van der Waals surface area contributed by atoms with Crippen LogP contribution >= 0.6 is 15.9 Å². The molecule has 0 saturated carbocycles. The third kappa shape index (κ3) is 3.89. The minimum absolute atomic E-state index is 0.0517. The number of anilines is 1. The molecule has 27 heavy (non-hydrogen) atoms. The molecule has 0 spiro atoms. The molecule has 0 radical (unpaired) electrons. The van der Waals surface area contributed by atoms with Gasteiger partial charge in [-0.15, -0.1) is 0 Å². The average molecular weight is 452 g/mol. The zero-order valence-corrected chi connectivity index (χ0v) is 17.3. The maximum atomic E-state index is 12.6. The first-order valence-corrected chi connectivity index (χ1v) is 11.4. The van der Waals surface area contributed by atoms with Crippen molar-refractivity contribution in [1.82, 2.24) is 9.29 Å². The van der Waals surface area contributed by atoms with Crippen LogP contribution in [0.3, 0.4) is 0 Å². The van der Waals surface area contributed by atoms with E-state index in [1.165, 1.54) is 6.20 Å². The molecule has 2 aliphatic heterocycles. The number of benzene rings is 1. The van der Waals surface area contributed by atoms with Crippen LogP contribution in [0.25, 0.3) is 0 Å². The lowest BCUT2D eigenvalue weighted by atomic mass is 10.1. The van der Waals surface area contributed by atoms with Crippen LogP contribution in [0.2, 0.25) is 0 Å². The van der Waals surface area contributed by atoms with Crippen molar-refractivity contribution >= 4 is 31.8 Å².